The van der Waals surface area contributed by atoms with Crippen molar-refractivity contribution in [3.63, 3.8) is 0 Å². The molecule has 5 nitrogen and oxygen atoms in total. The van der Waals surface area contributed by atoms with Crippen molar-refractivity contribution in [2.45, 2.75) is 31.7 Å². The van der Waals surface area contributed by atoms with Crippen LogP contribution in [-0.2, 0) is 7.05 Å². The number of hydrogen-bond acceptors (Lipinski definition) is 3. The molecule has 2 rings (SSSR count). The minimum atomic E-state index is -0.0423. The number of carbonyl (C=O) groups is 1. The van der Waals surface area contributed by atoms with Crippen molar-refractivity contribution in [1.82, 2.24) is 14.7 Å². The number of nitrogens with zero attached hydrogens (tertiary/aromatic N) is 3. The molecule has 18 heavy (non-hydrogen) atoms. The highest BCUT2D eigenvalue weighted by atomic mass is 16.2. The number of aromatic nitrogens is 2. The van der Waals surface area contributed by atoms with E-state index in [1.165, 1.54) is 19.0 Å². The summed E-state index contributed by atoms with van der Waals surface area (Å²) in [6, 6.07) is 0.310. The van der Waals surface area contributed by atoms with Gasteiger partial charge in [-0.05, 0) is 12.8 Å². The molecule has 0 aromatic carbocycles. The van der Waals surface area contributed by atoms with Gasteiger partial charge in [0.25, 0.3) is 5.91 Å². The molecule has 0 saturated heterocycles. The minimum Gasteiger partial charge on any atom is -0.396 e. The van der Waals surface area contributed by atoms with Gasteiger partial charge in [-0.1, -0.05) is 18.9 Å². The molecule has 0 unspecified atom stereocenters. The van der Waals surface area contributed by atoms with Gasteiger partial charge in [0.05, 0.1) is 11.9 Å². The second kappa shape index (κ2) is 5.25. The number of nitrogen functional groups attached to an aromatic ring is 1. The number of anilines is 1. The van der Waals surface area contributed by atoms with Gasteiger partial charge >= 0.3 is 0 Å². The maximum Gasteiger partial charge on any atom is 0.274 e. The molecule has 1 saturated carbocycles. The lowest BCUT2D eigenvalue weighted by atomic mass is 10.2. The molecule has 1 aromatic heterocycles. The van der Waals surface area contributed by atoms with E-state index in [0.29, 0.717) is 24.0 Å². The maximum absolute atomic E-state index is 12.6. The normalized spacial score (nSPS) is 15.8. The lowest BCUT2D eigenvalue weighted by Crippen LogP contribution is -2.40. The summed E-state index contributed by atoms with van der Waals surface area (Å²) in [5.74, 6) is -0.0423. The van der Waals surface area contributed by atoms with Crippen molar-refractivity contribution in [3.05, 3.63) is 24.5 Å². The third kappa shape index (κ3) is 2.25. The van der Waals surface area contributed by atoms with Gasteiger partial charge in [0, 0.05) is 19.6 Å². The molecule has 0 spiro atoms. The summed E-state index contributed by atoms with van der Waals surface area (Å²) in [4.78, 5) is 14.4. The molecule has 0 aliphatic heterocycles. The summed E-state index contributed by atoms with van der Waals surface area (Å²) in [6.07, 6.45) is 7.80. The van der Waals surface area contributed by atoms with Crippen LogP contribution in [0, 0.1) is 0 Å². The second-order valence-electron chi connectivity index (χ2n) is 4.76. The third-order valence-electron chi connectivity index (χ3n) is 3.52. The Bertz CT molecular complexity index is 426. The van der Waals surface area contributed by atoms with Crippen molar-refractivity contribution < 1.29 is 4.79 Å². The van der Waals surface area contributed by atoms with Crippen molar-refractivity contribution in [3.8, 4) is 0 Å². The number of carbonyl (C=O) groups excluding carboxylic acids is 1. The first kappa shape index (κ1) is 12.7. The summed E-state index contributed by atoms with van der Waals surface area (Å²) in [5.41, 5.74) is 6.73. The predicted molar refractivity (Wildman–Crippen MR) is 71.1 cm³/mol. The van der Waals surface area contributed by atoms with Crippen LogP contribution >= 0.6 is 0 Å². The van der Waals surface area contributed by atoms with Crippen LogP contribution in [0.5, 0.6) is 0 Å². The van der Waals surface area contributed by atoms with Crippen LogP contribution in [0.15, 0.2) is 18.9 Å². The van der Waals surface area contributed by atoms with Gasteiger partial charge in [-0.25, -0.2) is 0 Å². The molecule has 0 bridgehead atoms. The zero-order valence-electron chi connectivity index (χ0n) is 10.8. The average Bonchev–Trinajstić information content (AvgIpc) is 2.96. The van der Waals surface area contributed by atoms with E-state index < -0.39 is 0 Å². The molecule has 1 amide bonds. The zero-order chi connectivity index (χ0) is 13.1. The van der Waals surface area contributed by atoms with Crippen LogP contribution in [0.4, 0.5) is 5.69 Å². The number of rotatable bonds is 4. The van der Waals surface area contributed by atoms with E-state index in [1.807, 2.05) is 4.90 Å². The van der Waals surface area contributed by atoms with Crippen LogP contribution in [0.3, 0.4) is 0 Å². The number of amides is 1. The smallest absolute Gasteiger partial charge is 0.274 e. The Labute approximate surface area is 107 Å². The van der Waals surface area contributed by atoms with Gasteiger partial charge in [-0.15, -0.1) is 6.58 Å². The highest BCUT2D eigenvalue weighted by Crippen LogP contribution is 2.25. The number of aryl methyl sites for hydroxylation is 1. The summed E-state index contributed by atoms with van der Waals surface area (Å²) >= 11 is 0. The average molecular weight is 248 g/mol. The maximum atomic E-state index is 12.6. The van der Waals surface area contributed by atoms with E-state index in [0.717, 1.165) is 12.8 Å². The summed E-state index contributed by atoms with van der Waals surface area (Å²) < 4.78 is 1.54. The van der Waals surface area contributed by atoms with E-state index >= 15 is 0 Å². The van der Waals surface area contributed by atoms with E-state index in [4.69, 9.17) is 5.73 Å². The fraction of sp³-hybridized carbons (Fsp3) is 0.538. The van der Waals surface area contributed by atoms with Crippen molar-refractivity contribution in [1.29, 1.82) is 0 Å². The first-order chi connectivity index (χ1) is 8.65. The van der Waals surface area contributed by atoms with Crippen molar-refractivity contribution in [2.75, 3.05) is 12.3 Å². The zero-order valence-corrected chi connectivity index (χ0v) is 10.8. The number of hydrogen-bond donors (Lipinski definition) is 1. The Morgan fingerprint density at radius 3 is 2.83 bits per heavy atom. The lowest BCUT2D eigenvalue weighted by Gasteiger charge is -2.28. The third-order valence-corrected chi connectivity index (χ3v) is 3.52. The standard InChI is InChI=1S/C13H20N4O/c1-3-8-17(10-6-4-5-7-10)13(18)12-11(14)9-15-16(12)2/h3,9-10H,1,4-8,14H2,2H3. The van der Waals surface area contributed by atoms with E-state index in [2.05, 4.69) is 11.7 Å². The van der Waals surface area contributed by atoms with Gasteiger partial charge < -0.3 is 10.6 Å². The largest absolute Gasteiger partial charge is 0.396 e. The predicted octanol–water partition coefficient (Wildman–Crippen LogP) is 1.57. The SMILES string of the molecule is C=CCN(C(=O)c1c(N)cnn1C)C1CCCC1. The lowest BCUT2D eigenvalue weighted by molar-refractivity contribution is 0.0696. The first-order valence-corrected chi connectivity index (χ1v) is 6.34. The van der Waals surface area contributed by atoms with Crippen LogP contribution in [0.2, 0.25) is 0 Å². The fourth-order valence-corrected chi connectivity index (χ4v) is 2.61. The Balaban J connectivity index is 2.25. The van der Waals surface area contributed by atoms with Crippen molar-refractivity contribution in [2.24, 2.45) is 7.05 Å². The molecule has 5 heteroatoms. The first-order valence-electron chi connectivity index (χ1n) is 6.34. The van der Waals surface area contributed by atoms with E-state index in [1.54, 1.807) is 17.8 Å². The molecular formula is C13H20N4O. The molecule has 1 aliphatic rings. The second-order valence-corrected chi connectivity index (χ2v) is 4.76. The van der Waals surface area contributed by atoms with Gasteiger partial charge in [0.2, 0.25) is 0 Å². The molecule has 2 N–H and O–H groups in total. The minimum absolute atomic E-state index is 0.0423. The highest BCUT2D eigenvalue weighted by molar-refractivity contribution is 5.97. The molecule has 1 aliphatic carbocycles. The number of nitrogens with two attached hydrogens (primary N) is 1. The van der Waals surface area contributed by atoms with E-state index in [-0.39, 0.29) is 5.91 Å². The monoisotopic (exact) mass is 248 g/mol. The van der Waals surface area contributed by atoms with Gasteiger partial charge in [0.1, 0.15) is 5.69 Å². The quantitative estimate of drug-likeness (QED) is 0.823. The Kier molecular flexibility index (Phi) is 3.69. The Morgan fingerprint density at radius 1 is 1.67 bits per heavy atom. The van der Waals surface area contributed by atoms with Crippen LogP contribution < -0.4 is 5.73 Å². The van der Waals surface area contributed by atoms with Gasteiger partial charge in [-0.3, -0.25) is 9.48 Å². The molecule has 0 atom stereocenters. The fourth-order valence-electron chi connectivity index (χ4n) is 2.61. The van der Waals surface area contributed by atoms with Crippen LogP contribution in [-0.4, -0.2) is 33.2 Å². The molecule has 1 aromatic rings. The molecule has 1 fully saturated rings. The summed E-state index contributed by atoms with van der Waals surface area (Å²) in [6.45, 7) is 4.30. The molecule has 0 radical (unpaired) electrons. The van der Waals surface area contributed by atoms with Crippen LogP contribution in [0.1, 0.15) is 36.2 Å². The van der Waals surface area contributed by atoms with Gasteiger partial charge in [0.15, 0.2) is 0 Å². The Morgan fingerprint density at radius 2 is 2.33 bits per heavy atom. The molecule has 98 valence electrons. The topological polar surface area (TPSA) is 64.2 Å². The highest BCUT2D eigenvalue weighted by Gasteiger charge is 2.29. The van der Waals surface area contributed by atoms with E-state index in [9.17, 15) is 4.79 Å². The van der Waals surface area contributed by atoms with Crippen LogP contribution in [0.25, 0.3) is 0 Å². The molecule has 1 heterocycles. The summed E-state index contributed by atoms with van der Waals surface area (Å²) in [5, 5.41) is 4.02. The molecular weight excluding hydrogens is 228 g/mol. The summed E-state index contributed by atoms with van der Waals surface area (Å²) in [7, 11) is 1.74. The Hall–Kier alpha value is -1.78. The van der Waals surface area contributed by atoms with Gasteiger partial charge in [-0.2, -0.15) is 5.10 Å². The van der Waals surface area contributed by atoms with Crippen molar-refractivity contribution >= 4 is 11.6 Å².